The lowest BCUT2D eigenvalue weighted by atomic mass is 9.72. The molecule has 0 saturated heterocycles. The molecular formula is C39H40N4O. The van der Waals surface area contributed by atoms with Crippen LogP contribution < -0.4 is 5.32 Å². The number of hydrogen-bond donors (Lipinski definition) is 1. The van der Waals surface area contributed by atoms with Gasteiger partial charge in [-0.05, 0) is 71.4 Å². The first-order valence-corrected chi connectivity index (χ1v) is 15.7. The van der Waals surface area contributed by atoms with E-state index in [-0.39, 0.29) is 17.7 Å². The van der Waals surface area contributed by atoms with Crippen LogP contribution in [0.4, 0.5) is 0 Å². The summed E-state index contributed by atoms with van der Waals surface area (Å²) in [6, 6.07) is 20.9. The summed E-state index contributed by atoms with van der Waals surface area (Å²) < 4.78 is 2.06. The molecule has 2 aromatic heterocycles. The molecule has 1 saturated carbocycles. The number of carbonyl (C=O) groups is 1. The number of amides is 1. The molecule has 0 radical (unpaired) electrons. The number of benzene rings is 2. The van der Waals surface area contributed by atoms with Crippen molar-refractivity contribution in [1.29, 1.82) is 0 Å². The predicted octanol–water partition coefficient (Wildman–Crippen LogP) is 7.50. The first-order chi connectivity index (χ1) is 21.5. The standard InChI is InChI=1S/C39H40N4O/c1-4-30-25-40-36(42-38(30)35-12-8-9-27(35)2)23-28-13-15-32(16-14-28)37(39(44)41-24-29-10-6-5-7-11-29)33-19-17-31(18-20-33)34-21-22-43(3)26-34/h1,5-12,17-22,25-28,32,37H,13-16,23-24H2,2-3H3,(H,41,44). The molecule has 2 unspecified atom stereocenters. The van der Waals surface area contributed by atoms with E-state index in [1.54, 1.807) is 6.20 Å². The van der Waals surface area contributed by atoms with Crippen molar-refractivity contribution < 1.29 is 4.79 Å². The highest BCUT2D eigenvalue weighted by Gasteiger charge is 2.33. The number of aryl methyl sites for hydroxylation is 1. The second-order valence-corrected chi connectivity index (χ2v) is 12.3. The summed E-state index contributed by atoms with van der Waals surface area (Å²) in [4.78, 5) is 23.4. The fourth-order valence-electron chi connectivity index (χ4n) is 6.79. The fourth-order valence-corrected chi connectivity index (χ4v) is 6.79. The summed E-state index contributed by atoms with van der Waals surface area (Å²) >= 11 is 0. The molecule has 0 aliphatic heterocycles. The molecule has 2 aliphatic rings. The van der Waals surface area contributed by atoms with E-state index >= 15 is 0 Å². The van der Waals surface area contributed by atoms with E-state index in [9.17, 15) is 4.79 Å². The van der Waals surface area contributed by atoms with Crippen molar-refractivity contribution in [3.8, 4) is 23.5 Å². The maximum atomic E-state index is 13.8. The molecule has 4 aromatic rings. The molecule has 44 heavy (non-hydrogen) atoms. The van der Waals surface area contributed by atoms with Crippen LogP contribution in [0, 0.1) is 30.1 Å². The van der Waals surface area contributed by atoms with Crippen LogP contribution in [0.2, 0.25) is 0 Å². The van der Waals surface area contributed by atoms with E-state index in [0.717, 1.165) is 71.4 Å². The first-order valence-electron chi connectivity index (χ1n) is 15.7. The summed E-state index contributed by atoms with van der Waals surface area (Å²) in [6.07, 6.45) is 23.0. The largest absolute Gasteiger partial charge is 0.357 e. The quantitative estimate of drug-likeness (QED) is 0.209. The average Bonchev–Trinajstić information content (AvgIpc) is 3.69. The highest BCUT2D eigenvalue weighted by Crippen LogP contribution is 2.40. The van der Waals surface area contributed by atoms with Crippen molar-refractivity contribution in [2.45, 2.75) is 51.5 Å². The molecule has 2 aliphatic carbocycles. The zero-order valence-electron chi connectivity index (χ0n) is 25.6. The van der Waals surface area contributed by atoms with Gasteiger partial charge in [0.1, 0.15) is 5.82 Å². The lowest BCUT2D eigenvalue weighted by Gasteiger charge is -2.33. The molecule has 222 valence electrons. The summed E-state index contributed by atoms with van der Waals surface area (Å²) in [6.45, 7) is 2.70. The number of aromatic nitrogens is 3. The number of nitrogens with zero attached hydrogens (tertiary/aromatic N) is 3. The molecule has 1 N–H and O–H groups in total. The summed E-state index contributed by atoms with van der Waals surface area (Å²) in [7, 11) is 2.03. The van der Waals surface area contributed by atoms with Crippen LogP contribution in [0.1, 0.15) is 66.7 Å². The van der Waals surface area contributed by atoms with Gasteiger partial charge in [-0.2, -0.15) is 0 Å². The van der Waals surface area contributed by atoms with Gasteiger partial charge in [0.15, 0.2) is 0 Å². The molecular weight excluding hydrogens is 540 g/mol. The molecule has 6 rings (SSSR count). The average molecular weight is 581 g/mol. The SMILES string of the molecule is C#Cc1cnc(CC2CCC(C(C(=O)NCc3ccccc3)c3ccc(-c4ccn(C)c4)cc3)CC2)nc1C1=CC=CC1C. The van der Waals surface area contributed by atoms with E-state index < -0.39 is 0 Å². The lowest BCUT2D eigenvalue weighted by molar-refractivity contribution is -0.124. The van der Waals surface area contributed by atoms with E-state index in [1.165, 1.54) is 5.56 Å². The number of nitrogens with one attached hydrogen (secondary N) is 1. The number of terminal acetylenes is 1. The molecule has 1 amide bonds. The highest BCUT2D eigenvalue weighted by atomic mass is 16.1. The molecule has 5 heteroatoms. The molecule has 2 atom stereocenters. The topological polar surface area (TPSA) is 59.8 Å². The second kappa shape index (κ2) is 13.3. The highest BCUT2D eigenvalue weighted by molar-refractivity contribution is 5.84. The number of carbonyl (C=O) groups excluding carboxylic acids is 1. The van der Waals surface area contributed by atoms with Crippen molar-refractivity contribution in [3.05, 3.63) is 126 Å². The zero-order valence-corrected chi connectivity index (χ0v) is 25.6. The minimum Gasteiger partial charge on any atom is -0.357 e. The molecule has 0 bridgehead atoms. The van der Waals surface area contributed by atoms with Gasteiger partial charge in [-0.25, -0.2) is 9.97 Å². The van der Waals surface area contributed by atoms with Crippen LogP contribution in [0.25, 0.3) is 16.7 Å². The van der Waals surface area contributed by atoms with Crippen LogP contribution in [-0.2, 0) is 24.8 Å². The van der Waals surface area contributed by atoms with E-state index in [0.29, 0.717) is 18.4 Å². The van der Waals surface area contributed by atoms with E-state index in [1.807, 2.05) is 25.2 Å². The van der Waals surface area contributed by atoms with Gasteiger partial charge in [-0.1, -0.05) is 85.7 Å². The first kappa shape index (κ1) is 29.4. The monoisotopic (exact) mass is 580 g/mol. The van der Waals surface area contributed by atoms with E-state index in [4.69, 9.17) is 11.4 Å². The molecule has 5 nitrogen and oxygen atoms in total. The third-order valence-electron chi connectivity index (χ3n) is 9.29. The van der Waals surface area contributed by atoms with Crippen LogP contribution >= 0.6 is 0 Å². The van der Waals surface area contributed by atoms with Gasteiger partial charge in [0.2, 0.25) is 5.91 Å². The normalized spacial score (nSPS) is 20.1. The van der Waals surface area contributed by atoms with Gasteiger partial charge in [0.25, 0.3) is 0 Å². The van der Waals surface area contributed by atoms with Crippen molar-refractivity contribution >= 4 is 11.5 Å². The van der Waals surface area contributed by atoms with Gasteiger partial charge >= 0.3 is 0 Å². The fraction of sp³-hybridized carbons (Fsp3) is 0.308. The Morgan fingerprint density at radius 2 is 1.82 bits per heavy atom. The molecule has 2 aromatic carbocycles. The smallest absolute Gasteiger partial charge is 0.228 e. The maximum Gasteiger partial charge on any atom is 0.228 e. The minimum absolute atomic E-state index is 0.107. The summed E-state index contributed by atoms with van der Waals surface area (Å²) in [5.74, 6) is 4.61. The Morgan fingerprint density at radius 1 is 1.05 bits per heavy atom. The Bertz CT molecular complexity index is 1700. The van der Waals surface area contributed by atoms with Crippen LogP contribution in [0.5, 0.6) is 0 Å². The third kappa shape index (κ3) is 6.60. The van der Waals surface area contributed by atoms with Crippen LogP contribution in [0.15, 0.2) is 97.5 Å². The maximum absolute atomic E-state index is 13.8. The Morgan fingerprint density at radius 3 is 2.48 bits per heavy atom. The van der Waals surface area contributed by atoms with Crippen molar-refractivity contribution in [2.75, 3.05) is 0 Å². The Kier molecular flexibility index (Phi) is 8.89. The number of rotatable bonds is 9. The Hall–Kier alpha value is -4.69. The van der Waals surface area contributed by atoms with Gasteiger partial charge in [-0.15, -0.1) is 6.42 Å². The molecule has 1 fully saturated rings. The third-order valence-corrected chi connectivity index (χ3v) is 9.29. The van der Waals surface area contributed by atoms with Gasteiger partial charge in [0, 0.05) is 44.5 Å². The van der Waals surface area contributed by atoms with Gasteiger partial charge in [0.05, 0.1) is 17.2 Å². The molecule has 2 heterocycles. The Balaban J connectivity index is 1.16. The van der Waals surface area contributed by atoms with Gasteiger partial charge in [-0.3, -0.25) is 4.79 Å². The minimum atomic E-state index is -0.189. The zero-order chi connectivity index (χ0) is 30.5. The van der Waals surface area contributed by atoms with Crippen molar-refractivity contribution in [2.24, 2.45) is 24.8 Å². The van der Waals surface area contributed by atoms with Crippen molar-refractivity contribution in [1.82, 2.24) is 19.9 Å². The summed E-state index contributed by atoms with van der Waals surface area (Å²) in [5, 5.41) is 3.25. The summed E-state index contributed by atoms with van der Waals surface area (Å²) in [5.41, 5.74) is 7.34. The number of allylic oxidation sites excluding steroid dienone is 4. The van der Waals surface area contributed by atoms with E-state index in [2.05, 4.69) is 101 Å². The Labute approximate surface area is 261 Å². The van der Waals surface area contributed by atoms with Crippen LogP contribution in [-0.4, -0.2) is 20.4 Å². The second-order valence-electron chi connectivity index (χ2n) is 12.3. The van der Waals surface area contributed by atoms with Gasteiger partial charge < -0.3 is 9.88 Å². The van der Waals surface area contributed by atoms with Crippen molar-refractivity contribution in [3.63, 3.8) is 0 Å². The predicted molar refractivity (Wildman–Crippen MR) is 177 cm³/mol. The molecule has 0 spiro atoms. The lowest BCUT2D eigenvalue weighted by Crippen LogP contribution is -2.35. The van der Waals surface area contributed by atoms with Crippen LogP contribution in [0.3, 0.4) is 0 Å². The number of hydrogen-bond acceptors (Lipinski definition) is 3.